The summed E-state index contributed by atoms with van der Waals surface area (Å²) in [6.07, 6.45) is 0. The lowest BCUT2D eigenvalue weighted by atomic mass is 10.1. The van der Waals surface area contributed by atoms with Crippen LogP contribution in [0.1, 0.15) is 36.7 Å². The lowest BCUT2D eigenvalue weighted by Gasteiger charge is -2.20. The molecule has 5 nitrogen and oxygen atoms in total. The van der Waals surface area contributed by atoms with Gasteiger partial charge in [0.2, 0.25) is 11.8 Å². The van der Waals surface area contributed by atoms with Crippen molar-refractivity contribution in [2.45, 2.75) is 33.2 Å². The summed E-state index contributed by atoms with van der Waals surface area (Å²) in [5, 5.41) is 11.2. The number of hydrogen-bond donors (Lipinski definition) is 1. The number of carbonyl (C=O) groups is 1. The molecule has 0 fully saturated rings. The molecule has 25 heavy (non-hydrogen) atoms. The first kappa shape index (κ1) is 16.9. The number of rotatable bonds is 3. The third kappa shape index (κ3) is 3.94. The Labute approximate surface area is 147 Å². The highest BCUT2D eigenvalue weighted by Crippen LogP contribution is 2.26. The number of carbonyl (C=O) groups excluding carboxylic acids is 1. The number of amides is 1. The van der Waals surface area contributed by atoms with Crippen molar-refractivity contribution in [1.29, 1.82) is 0 Å². The molecule has 0 aliphatic heterocycles. The molecule has 128 valence electrons. The van der Waals surface area contributed by atoms with Gasteiger partial charge in [-0.2, -0.15) is 0 Å². The molecule has 0 aliphatic carbocycles. The van der Waals surface area contributed by atoms with Crippen molar-refractivity contribution in [2.24, 2.45) is 0 Å². The summed E-state index contributed by atoms with van der Waals surface area (Å²) < 4.78 is 5.79. The zero-order valence-electron chi connectivity index (χ0n) is 14.8. The first-order valence-electron chi connectivity index (χ1n) is 8.16. The predicted octanol–water partition coefficient (Wildman–Crippen LogP) is 4.24. The minimum Gasteiger partial charge on any atom is -0.416 e. The van der Waals surface area contributed by atoms with E-state index in [2.05, 4.69) is 15.5 Å². The minimum absolute atomic E-state index is 0.106. The lowest BCUT2D eigenvalue weighted by molar-refractivity contribution is 0.0919. The van der Waals surface area contributed by atoms with E-state index >= 15 is 0 Å². The predicted molar refractivity (Wildman–Crippen MR) is 97.1 cm³/mol. The van der Waals surface area contributed by atoms with E-state index in [-0.39, 0.29) is 11.4 Å². The van der Waals surface area contributed by atoms with Crippen molar-refractivity contribution >= 4 is 5.91 Å². The Morgan fingerprint density at radius 1 is 0.960 bits per heavy atom. The Bertz CT molecular complexity index is 890. The molecule has 0 saturated carbocycles. The highest BCUT2D eigenvalue weighted by Gasteiger charge is 2.16. The van der Waals surface area contributed by atoms with E-state index in [1.165, 1.54) is 0 Å². The van der Waals surface area contributed by atoms with Gasteiger partial charge in [-0.05, 0) is 63.6 Å². The third-order valence-electron chi connectivity index (χ3n) is 3.68. The van der Waals surface area contributed by atoms with Gasteiger partial charge in [-0.1, -0.05) is 18.2 Å². The van der Waals surface area contributed by atoms with Crippen LogP contribution in [-0.2, 0) is 0 Å². The van der Waals surface area contributed by atoms with Crippen LogP contribution in [0.4, 0.5) is 0 Å². The van der Waals surface area contributed by atoms with Gasteiger partial charge in [0.05, 0.1) is 0 Å². The maximum atomic E-state index is 12.2. The van der Waals surface area contributed by atoms with Crippen molar-refractivity contribution in [2.75, 3.05) is 0 Å². The van der Waals surface area contributed by atoms with E-state index in [0.717, 1.165) is 16.7 Å². The Hall–Kier alpha value is -2.95. The highest BCUT2D eigenvalue weighted by molar-refractivity contribution is 5.95. The Morgan fingerprint density at radius 3 is 2.24 bits per heavy atom. The monoisotopic (exact) mass is 335 g/mol. The molecule has 1 N–H and O–H groups in total. The van der Waals surface area contributed by atoms with Crippen LogP contribution in [0.25, 0.3) is 22.9 Å². The number of aromatic nitrogens is 2. The number of nitrogens with one attached hydrogen (secondary N) is 1. The first-order chi connectivity index (χ1) is 11.8. The highest BCUT2D eigenvalue weighted by atomic mass is 16.4. The van der Waals surface area contributed by atoms with Crippen molar-refractivity contribution in [3.63, 3.8) is 0 Å². The summed E-state index contributed by atoms with van der Waals surface area (Å²) in [5.74, 6) is 0.814. The summed E-state index contributed by atoms with van der Waals surface area (Å²) >= 11 is 0. The Kier molecular flexibility index (Phi) is 4.40. The van der Waals surface area contributed by atoms with Gasteiger partial charge in [0.1, 0.15) is 0 Å². The molecular formula is C20H21N3O2. The second-order valence-corrected chi connectivity index (χ2v) is 7.01. The van der Waals surface area contributed by atoms with E-state index in [1.807, 2.05) is 64.1 Å². The second-order valence-electron chi connectivity index (χ2n) is 7.01. The molecule has 0 radical (unpaired) electrons. The van der Waals surface area contributed by atoms with Crippen LogP contribution in [0, 0.1) is 6.92 Å². The van der Waals surface area contributed by atoms with E-state index in [4.69, 9.17) is 4.42 Å². The second kappa shape index (κ2) is 6.51. The van der Waals surface area contributed by atoms with Crippen molar-refractivity contribution < 1.29 is 9.21 Å². The minimum atomic E-state index is -0.273. The van der Waals surface area contributed by atoms with Crippen LogP contribution in [0.2, 0.25) is 0 Å². The standard InChI is InChI=1S/C20H21N3O2/c1-13-7-5-6-8-16(13)19-23-22-18(25-19)15-11-9-14(10-12-15)17(24)21-20(2,3)4/h5-12H,1-4H3,(H,21,24). The topological polar surface area (TPSA) is 68.0 Å². The van der Waals surface area contributed by atoms with Crippen LogP contribution in [0.3, 0.4) is 0 Å². The quantitative estimate of drug-likeness (QED) is 0.777. The largest absolute Gasteiger partial charge is 0.416 e. The fourth-order valence-corrected chi connectivity index (χ4v) is 2.44. The van der Waals surface area contributed by atoms with Crippen molar-refractivity contribution in [1.82, 2.24) is 15.5 Å². The van der Waals surface area contributed by atoms with Crippen LogP contribution < -0.4 is 5.32 Å². The van der Waals surface area contributed by atoms with Crippen LogP contribution in [-0.4, -0.2) is 21.6 Å². The number of nitrogens with zero attached hydrogens (tertiary/aromatic N) is 2. The van der Waals surface area contributed by atoms with Gasteiger partial charge in [0.15, 0.2) is 0 Å². The van der Waals surface area contributed by atoms with Crippen LogP contribution in [0.5, 0.6) is 0 Å². The molecule has 1 heterocycles. The molecule has 3 rings (SSSR count). The van der Waals surface area contributed by atoms with Gasteiger partial charge < -0.3 is 9.73 Å². The Balaban J connectivity index is 1.82. The summed E-state index contributed by atoms with van der Waals surface area (Å²) in [7, 11) is 0. The number of aryl methyl sites for hydroxylation is 1. The van der Waals surface area contributed by atoms with E-state index in [9.17, 15) is 4.79 Å². The summed E-state index contributed by atoms with van der Waals surface area (Å²) in [4.78, 5) is 12.2. The fraction of sp³-hybridized carbons (Fsp3) is 0.250. The number of hydrogen-bond acceptors (Lipinski definition) is 4. The summed E-state index contributed by atoms with van der Waals surface area (Å²) in [6.45, 7) is 7.85. The van der Waals surface area contributed by atoms with Gasteiger partial charge in [0, 0.05) is 22.2 Å². The molecule has 3 aromatic rings. The average molecular weight is 335 g/mol. The van der Waals surface area contributed by atoms with Crippen molar-refractivity contribution in [3.05, 3.63) is 59.7 Å². The van der Waals surface area contributed by atoms with Crippen molar-refractivity contribution in [3.8, 4) is 22.9 Å². The molecule has 0 aliphatic rings. The summed E-state index contributed by atoms with van der Waals surface area (Å²) in [6, 6.07) is 15.0. The maximum absolute atomic E-state index is 12.2. The van der Waals surface area contributed by atoms with Crippen LogP contribution in [0.15, 0.2) is 52.9 Å². The molecule has 0 atom stereocenters. The van der Waals surface area contributed by atoms with E-state index < -0.39 is 0 Å². The van der Waals surface area contributed by atoms with Gasteiger partial charge in [0.25, 0.3) is 5.91 Å². The SMILES string of the molecule is Cc1ccccc1-c1nnc(-c2ccc(C(=O)NC(C)(C)C)cc2)o1. The molecule has 1 amide bonds. The average Bonchev–Trinajstić information content (AvgIpc) is 3.03. The molecule has 0 unspecified atom stereocenters. The number of benzene rings is 2. The summed E-state index contributed by atoms with van der Waals surface area (Å²) in [5.41, 5.74) is 3.09. The third-order valence-corrected chi connectivity index (χ3v) is 3.68. The smallest absolute Gasteiger partial charge is 0.251 e. The van der Waals surface area contributed by atoms with Gasteiger partial charge in [-0.3, -0.25) is 4.79 Å². The molecule has 5 heteroatoms. The van der Waals surface area contributed by atoms with E-state index in [1.54, 1.807) is 12.1 Å². The molecule has 0 bridgehead atoms. The molecule has 2 aromatic carbocycles. The van der Waals surface area contributed by atoms with Gasteiger partial charge >= 0.3 is 0 Å². The molecule has 0 saturated heterocycles. The zero-order chi connectivity index (χ0) is 18.0. The molecular weight excluding hydrogens is 314 g/mol. The fourth-order valence-electron chi connectivity index (χ4n) is 2.44. The van der Waals surface area contributed by atoms with E-state index in [0.29, 0.717) is 17.3 Å². The Morgan fingerprint density at radius 2 is 1.60 bits per heavy atom. The van der Waals surface area contributed by atoms with Gasteiger partial charge in [-0.15, -0.1) is 10.2 Å². The maximum Gasteiger partial charge on any atom is 0.251 e. The molecule has 1 aromatic heterocycles. The van der Waals surface area contributed by atoms with Crippen LogP contribution >= 0.6 is 0 Å². The molecule has 0 spiro atoms. The first-order valence-corrected chi connectivity index (χ1v) is 8.16. The lowest BCUT2D eigenvalue weighted by Crippen LogP contribution is -2.40. The van der Waals surface area contributed by atoms with Gasteiger partial charge in [-0.25, -0.2) is 0 Å². The zero-order valence-corrected chi connectivity index (χ0v) is 14.8. The normalized spacial score (nSPS) is 11.4.